The summed E-state index contributed by atoms with van der Waals surface area (Å²) in [5.74, 6) is -1.55. The van der Waals surface area contributed by atoms with Crippen molar-refractivity contribution in [3.63, 3.8) is 0 Å². The average Bonchev–Trinajstić information content (AvgIpc) is 2.68. The molecule has 0 aliphatic heterocycles. The summed E-state index contributed by atoms with van der Waals surface area (Å²) in [5, 5.41) is 4.19. The van der Waals surface area contributed by atoms with Gasteiger partial charge in [0.05, 0.1) is 5.69 Å². The highest BCUT2D eigenvalue weighted by Crippen LogP contribution is 2.22. The fourth-order valence-electron chi connectivity index (χ4n) is 3.13. The molecular weight excluding hydrogens is 387 g/mol. The van der Waals surface area contributed by atoms with Crippen LogP contribution >= 0.6 is 0 Å². The van der Waals surface area contributed by atoms with Crippen LogP contribution in [0.5, 0.6) is 0 Å². The monoisotopic (exact) mass is 408 g/mol. The molecule has 0 saturated heterocycles. The second-order valence-corrected chi connectivity index (χ2v) is 7.08. The molecule has 0 atom stereocenters. The SMILES string of the molecule is Cc1cc(N(C(=O)c2nn(-c3ccc(F)cc3)ccc2=O)C(C)C)ccc1C(N)=O. The number of primary amides is 1. The predicted octanol–water partition coefficient (Wildman–Crippen LogP) is 2.83. The van der Waals surface area contributed by atoms with Crippen molar-refractivity contribution in [3.8, 4) is 5.69 Å². The average molecular weight is 408 g/mol. The van der Waals surface area contributed by atoms with Crippen LogP contribution in [0.25, 0.3) is 5.69 Å². The number of hydrogen-bond donors (Lipinski definition) is 1. The van der Waals surface area contributed by atoms with Crippen LogP contribution in [0.1, 0.15) is 40.3 Å². The summed E-state index contributed by atoms with van der Waals surface area (Å²) in [7, 11) is 0. The molecule has 1 aromatic heterocycles. The van der Waals surface area contributed by atoms with E-state index in [0.717, 1.165) is 0 Å². The van der Waals surface area contributed by atoms with Crippen molar-refractivity contribution in [1.82, 2.24) is 9.78 Å². The van der Waals surface area contributed by atoms with Crippen LogP contribution < -0.4 is 16.1 Å². The first-order valence-corrected chi connectivity index (χ1v) is 9.29. The molecule has 1 heterocycles. The highest BCUT2D eigenvalue weighted by molar-refractivity contribution is 6.05. The lowest BCUT2D eigenvalue weighted by molar-refractivity contribution is 0.0971. The van der Waals surface area contributed by atoms with E-state index in [9.17, 15) is 18.8 Å². The number of anilines is 1. The van der Waals surface area contributed by atoms with Crippen LogP contribution in [0.2, 0.25) is 0 Å². The van der Waals surface area contributed by atoms with Crippen LogP contribution in [-0.2, 0) is 0 Å². The molecule has 0 radical (unpaired) electrons. The third-order valence-corrected chi connectivity index (χ3v) is 4.59. The van der Waals surface area contributed by atoms with Crippen LogP contribution in [0, 0.1) is 12.7 Å². The van der Waals surface area contributed by atoms with Gasteiger partial charge in [-0.1, -0.05) is 0 Å². The van der Waals surface area contributed by atoms with E-state index < -0.39 is 23.1 Å². The number of nitrogens with zero attached hydrogens (tertiary/aromatic N) is 3. The summed E-state index contributed by atoms with van der Waals surface area (Å²) >= 11 is 0. The number of hydrogen-bond acceptors (Lipinski definition) is 4. The van der Waals surface area contributed by atoms with Crippen LogP contribution in [0.15, 0.2) is 59.5 Å². The van der Waals surface area contributed by atoms with Gasteiger partial charge in [0, 0.05) is 29.6 Å². The number of benzene rings is 2. The molecule has 30 heavy (non-hydrogen) atoms. The topological polar surface area (TPSA) is 98.3 Å². The van der Waals surface area contributed by atoms with E-state index in [4.69, 9.17) is 5.73 Å². The minimum absolute atomic E-state index is 0.271. The number of aromatic nitrogens is 2. The second-order valence-electron chi connectivity index (χ2n) is 7.08. The summed E-state index contributed by atoms with van der Waals surface area (Å²) in [5.41, 5.74) is 6.53. The predicted molar refractivity (Wildman–Crippen MR) is 111 cm³/mol. The lowest BCUT2D eigenvalue weighted by Crippen LogP contribution is -2.40. The van der Waals surface area contributed by atoms with Gasteiger partial charge in [-0.3, -0.25) is 14.4 Å². The van der Waals surface area contributed by atoms with E-state index in [0.29, 0.717) is 22.5 Å². The lowest BCUT2D eigenvalue weighted by atomic mass is 10.1. The largest absolute Gasteiger partial charge is 0.366 e. The van der Waals surface area contributed by atoms with Gasteiger partial charge in [0.1, 0.15) is 5.82 Å². The third kappa shape index (κ3) is 4.12. The molecule has 154 valence electrons. The maximum Gasteiger partial charge on any atom is 0.283 e. The Morgan fingerprint density at radius 2 is 1.77 bits per heavy atom. The molecule has 0 unspecified atom stereocenters. The Kier molecular flexibility index (Phi) is 5.77. The number of nitrogens with two attached hydrogens (primary N) is 1. The third-order valence-electron chi connectivity index (χ3n) is 4.59. The van der Waals surface area contributed by atoms with Crippen molar-refractivity contribution in [2.24, 2.45) is 5.73 Å². The summed E-state index contributed by atoms with van der Waals surface area (Å²) in [6.45, 7) is 5.32. The molecule has 8 heteroatoms. The maximum absolute atomic E-state index is 13.3. The standard InChI is InChI=1S/C22H21FN4O3/c1-13(2)27(17-8-9-18(21(24)29)14(3)12-17)22(30)20-19(28)10-11-26(25-20)16-6-4-15(23)5-7-16/h4-13H,1-3H3,(H2,24,29). The summed E-state index contributed by atoms with van der Waals surface area (Å²) in [6.07, 6.45) is 1.41. The van der Waals surface area contributed by atoms with Gasteiger partial charge in [-0.25, -0.2) is 9.07 Å². The molecule has 2 amide bonds. The molecule has 2 aromatic carbocycles. The van der Waals surface area contributed by atoms with E-state index in [2.05, 4.69) is 5.10 Å². The van der Waals surface area contributed by atoms with Gasteiger partial charge in [0.25, 0.3) is 5.91 Å². The summed E-state index contributed by atoms with van der Waals surface area (Å²) in [6, 6.07) is 11.3. The molecular formula is C22H21FN4O3. The first kappa shape index (κ1) is 20.9. The van der Waals surface area contributed by atoms with Crippen molar-refractivity contribution in [1.29, 1.82) is 0 Å². The minimum Gasteiger partial charge on any atom is -0.366 e. The number of halogens is 1. The maximum atomic E-state index is 13.3. The quantitative estimate of drug-likeness (QED) is 0.702. The van der Waals surface area contributed by atoms with E-state index in [1.165, 1.54) is 46.1 Å². The molecule has 0 spiro atoms. The molecule has 0 aliphatic rings. The van der Waals surface area contributed by atoms with Gasteiger partial charge < -0.3 is 10.6 Å². The Morgan fingerprint density at radius 1 is 1.10 bits per heavy atom. The molecule has 3 aromatic rings. The van der Waals surface area contributed by atoms with Gasteiger partial charge in [-0.2, -0.15) is 5.10 Å². The molecule has 0 aliphatic carbocycles. The molecule has 3 rings (SSSR count). The first-order valence-electron chi connectivity index (χ1n) is 9.29. The van der Waals surface area contributed by atoms with Crippen LogP contribution in [0.3, 0.4) is 0 Å². The number of aryl methyl sites for hydroxylation is 1. The molecule has 7 nitrogen and oxygen atoms in total. The highest BCUT2D eigenvalue weighted by Gasteiger charge is 2.25. The smallest absolute Gasteiger partial charge is 0.283 e. The minimum atomic E-state index is -0.585. The lowest BCUT2D eigenvalue weighted by Gasteiger charge is -2.27. The highest BCUT2D eigenvalue weighted by atomic mass is 19.1. The van der Waals surface area contributed by atoms with Crippen molar-refractivity contribution >= 4 is 17.5 Å². The van der Waals surface area contributed by atoms with Crippen LogP contribution in [0.4, 0.5) is 10.1 Å². The van der Waals surface area contributed by atoms with Crippen molar-refractivity contribution in [2.45, 2.75) is 26.8 Å². The van der Waals surface area contributed by atoms with Crippen molar-refractivity contribution in [2.75, 3.05) is 4.90 Å². The Balaban J connectivity index is 2.05. The Bertz CT molecular complexity index is 1170. The fraction of sp³-hybridized carbons (Fsp3) is 0.182. The van der Waals surface area contributed by atoms with Gasteiger partial charge >= 0.3 is 0 Å². The molecule has 0 fully saturated rings. The van der Waals surface area contributed by atoms with Gasteiger partial charge in [-0.15, -0.1) is 0 Å². The van der Waals surface area contributed by atoms with Crippen LogP contribution in [-0.4, -0.2) is 27.6 Å². The van der Waals surface area contributed by atoms with Gasteiger partial charge in [0.15, 0.2) is 5.69 Å². The van der Waals surface area contributed by atoms with Crippen molar-refractivity contribution in [3.05, 3.63) is 87.6 Å². The van der Waals surface area contributed by atoms with Gasteiger partial charge in [0.2, 0.25) is 11.3 Å². The van der Waals surface area contributed by atoms with E-state index in [-0.39, 0.29) is 11.7 Å². The fourth-order valence-corrected chi connectivity index (χ4v) is 3.13. The number of carbonyl (C=O) groups is 2. The first-order chi connectivity index (χ1) is 14.2. The summed E-state index contributed by atoms with van der Waals surface area (Å²) in [4.78, 5) is 38.6. The zero-order valence-corrected chi connectivity index (χ0v) is 16.8. The normalized spacial score (nSPS) is 10.8. The zero-order valence-electron chi connectivity index (χ0n) is 16.8. The van der Waals surface area contributed by atoms with E-state index >= 15 is 0 Å². The van der Waals surface area contributed by atoms with E-state index in [1.54, 1.807) is 39.0 Å². The Hall–Kier alpha value is -3.81. The second kappa shape index (κ2) is 8.28. The van der Waals surface area contributed by atoms with E-state index in [1.807, 2.05) is 0 Å². The molecule has 0 bridgehead atoms. The number of rotatable bonds is 5. The zero-order chi connectivity index (χ0) is 22.0. The molecule has 2 N–H and O–H groups in total. The summed E-state index contributed by atoms with van der Waals surface area (Å²) < 4.78 is 14.5. The number of carbonyl (C=O) groups excluding carboxylic acids is 2. The Labute approximate surface area is 172 Å². The number of amides is 2. The van der Waals surface area contributed by atoms with Gasteiger partial charge in [-0.05, 0) is 68.8 Å². The Morgan fingerprint density at radius 3 is 2.33 bits per heavy atom. The van der Waals surface area contributed by atoms with Crippen molar-refractivity contribution < 1.29 is 14.0 Å². The molecule has 0 saturated carbocycles.